The maximum atomic E-state index is 12.0. The number of aryl methyl sites for hydroxylation is 1. The van der Waals surface area contributed by atoms with Crippen molar-refractivity contribution in [1.82, 2.24) is 4.90 Å². The summed E-state index contributed by atoms with van der Waals surface area (Å²) in [7, 11) is 1.71. The zero-order chi connectivity index (χ0) is 23.5. The van der Waals surface area contributed by atoms with Gasteiger partial charge in [-0.25, -0.2) is 4.79 Å². The molecule has 1 aliphatic rings. The first kappa shape index (κ1) is 25.6. The Labute approximate surface area is 193 Å². The molecular formula is C27H37NO4. The Hall–Kier alpha value is -2.63. The van der Waals surface area contributed by atoms with Crippen LogP contribution in [0.4, 0.5) is 0 Å². The van der Waals surface area contributed by atoms with Crippen LogP contribution >= 0.6 is 0 Å². The van der Waals surface area contributed by atoms with Crippen molar-refractivity contribution >= 4 is 12.0 Å². The SMILES string of the molecule is COc1cc(C)c(/C=C/C(C)=C/C=C/C(C)=C/C(=O)OCCN2CCOCC2)c(C)c1C. The van der Waals surface area contributed by atoms with Crippen molar-refractivity contribution in [2.24, 2.45) is 0 Å². The molecule has 0 aromatic heterocycles. The van der Waals surface area contributed by atoms with Crippen LogP contribution in [-0.4, -0.2) is 57.4 Å². The quantitative estimate of drug-likeness (QED) is 0.309. The molecule has 1 aromatic rings. The number of hydrogen-bond acceptors (Lipinski definition) is 5. The highest BCUT2D eigenvalue weighted by Crippen LogP contribution is 2.28. The molecule has 1 saturated heterocycles. The maximum absolute atomic E-state index is 12.0. The number of carbonyl (C=O) groups is 1. The Morgan fingerprint density at radius 3 is 2.50 bits per heavy atom. The van der Waals surface area contributed by atoms with E-state index in [4.69, 9.17) is 14.2 Å². The van der Waals surface area contributed by atoms with Gasteiger partial charge in [0.05, 0.1) is 20.3 Å². The fourth-order valence-corrected chi connectivity index (χ4v) is 3.53. The minimum Gasteiger partial charge on any atom is -0.496 e. The van der Waals surface area contributed by atoms with Crippen LogP contribution in [0.25, 0.3) is 6.08 Å². The van der Waals surface area contributed by atoms with Crippen molar-refractivity contribution in [3.8, 4) is 5.75 Å². The van der Waals surface area contributed by atoms with Gasteiger partial charge in [-0.15, -0.1) is 0 Å². The predicted molar refractivity (Wildman–Crippen MR) is 131 cm³/mol. The number of carbonyl (C=O) groups excluding carboxylic acids is 1. The number of rotatable bonds is 9. The van der Waals surface area contributed by atoms with Gasteiger partial charge in [0, 0.05) is 25.7 Å². The number of ether oxygens (including phenoxy) is 3. The average molecular weight is 440 g/mol. The Balaban J connectivity index is 1.87. The van der Waals surface area contributed by atoms with Crippen LogP contribution in [0.1, 0.15) is 36.1 Å². The first-order valence-electron chi connectivity index (χ1n) is 11.1. The van der Waals surface area contributed by atoms with Gasteiger partial charge in [0.25, 0.3) is 0 Å². The van der Waals surface area contributed by atoms with Gasteiger partial charge in [0.1, 0.15) is 12.4 Å². The molecule has 0 radical (unpaired) electrons. The van der Waals surface area contributed by atoms with E-state index in [2.05, 4.69) is 50.8 Å². The number of allylic oxidation sites excluding steroid dienone is 6. The second-order valence-corrected chi connectivity index (χ2v) is 8.17. The Bertz CT molecular complexity index is 903. The van der Waals surface area contributed by atoms with Crippen molar-refractivity contribution in [2.45, 2.75) is 34.6 Å². The first-order chi connectivity index (χ1) is 15.3. The van der Waals surface area contributed by atoms with Crippen molar-refractivity contribution in [1.29, 1.82) is 0 Å². The molecule has 0 saturated carbocycles. The number of methoxy groups -OCH3 is 1. The standard InChI is InChI=1S/C27H37NO4/c1-20(10-11-25-22(3)19-26(30-6)24(5)23(25)4)8-7-9-21(2)18-27(29)32-17-14-28-12-15-31-16-13-28/h7-11,18-19H,12-17H2,1-6H3/b9-7+,11-10+,20-8+,21-18+. The van der Waals surface area contributed by atoms with Crippen molar-refractivity contribution in [3.63, 3.8) is 0 Å². The van der Waals surface area contributed by atoms with E-state index < -0.39 is 0 Å². The number of hydrogen-bond donors (Lipinski definition) is 0. The zero-order valence-electron chi connectivity index (χ0n) is 20.4. The number of esters is 1. The molecule has 0 N–H and O–H groups in total. The summed E-state index contributed by atoms with van der Waals surface area (Å²) in [6, 6.07) is 2.08. The third-order valence-corrected chi connectivity index (χ3v) is 5.66. The minimum atomic E-state index is -0.304. The summed E-state index contributed by atoms with van der Waals surface area (Å²) in [6.45, 7) is 14.7. The molecule has 0 spiro atoms. The van der Waals surface area contributed by atoms with Gasteiger partial charge < -0.3 is 14.2 Å². The second kappa shape index (κ2) is 13.0. The summed E-state index contributed by atoms with van der Waals surface area (Å²) in [5.41, 5.74) is 6.77. The van der Waals surface area contributed by atoms with E-state index in [-0.39, 0.29) is 5.97 Å². The third-order valence-electron chi connectivity index (χ3n) is 5.66. The first-order valence-corrected chi connectivity index (χ1v) is 11.1. The van der Waals surface area contributed by atoms with E-state index in [1.807, 2.05) is 25.2 Å². The predicted octanol–water partition coefficient (Wildman–Crippen LogP) is 4.96. The third kappa shape index (κ3) is 8.13. The van der Waals surface area contributed by atoms with Crippen LogP contribution in [-0.2, 0) is 14.3 Å². The maximum Gasteiger partial charge on any atom is 0.331 e. The van der Waals surface area contributed by atoms with Crippen molar-refractivity contribution in [2.75, 3.05) is 46.6 Å². The summed E-state index contributed by atoms with van der Waals surface area (Å²) in [6.07, 6.45) is 11.7. The average Bonchev–Trinajstić information content (AvgIpc) is 2.76. The summed E-state index contributed by atoms with van der Waals surface area (Å²) in [5.74, 6) is 0.621. The molecule has 32 heavy (non-hydrogen) atoms. The van der Waals surface area contributed by atoms with Crippen LogP contribution < -0.4 is 4.74 Å². The van der Waals surface area contributed by atoms with E-state index in [9.17, 15) is 4.79 Å². The van der Waals surface area contributed by atoms with Gasteiger partial charge in [0.2, 0.25) is 0 Å². The van der Waals surface area contributed by atoms with Gasteiger partial charge in [-0.1, -0.05) is 36.0 Å². The normalized spacial score (nSPS) is 16.2. The van der Waals surface area contributed by atoms with E-state index in [0.29, 0.717) is 6.61 Å². The number of nitrogens with zero attached hydrogens (tertiary/aromatic N) is 1. The Morgan fingerprint density at radius 1 is 1.09 bits per heavy atom. The largest absolute Gasteiger partial charge is 0.496 e. The highest BCUT2D eigenvalue weighted by Gasteiger charge is 2.10. The summed E-state index contributed by atoms with van der Waals surface area (Å²) < 4.78 is 16.1. The molecule has 0 amide bonds. The monoisotopic (exact) mass is 439 g/mol. The van der Waals surface area contributed by atoms with Crippen LogP contribution in [0.2, 0.25) is 0 Å². The smallest absolute Gasteiger partial charge is 0.331 e. The molecule has 0 aliphatic carbocycles. The van der Waals surface area contributed by atoms with Crippen LogP contribution in [0.5, 0.6) is 5.75 Å². The molecule has 1 aliphatic heterocycles. The van der Waals surface area contributed by atoms with E-state index in [0.717, 1.165) is 55.3 Å². The summed E-state index contributed by atoms with van der Waals surface area (Å²) in [4.78, 5) is 14.2. The highest BCUT2D eigenvalue weighted by atomic mass is 16.5. The van der Waals surface area contributed by atoms with E-state index >= 15 is 0 Å². The second-order valence-electron chi connectivity index (χ2n) is 8.17. The fraction of sp³-hybridized carbons (Fsp3) is 0.444. The molecule has 1 aromatic carbocycles. The van der Waals surface area contributed by atoms with E-state index in [1.165, 1.54) is 22.8 Å². The number of morpholine rings is 1. The van der Waals surface area contributed by atoms with Gasteiger partial charge >= 0.3 is 5.97 Å². The van der Waals surface area contributed by atoms with Gasteiger partial charge in [-0.2, -0.15) is 0 Å². The molecule has 5 nitrogen and oxygen atoms in total. The minimum absolute atomic E-state index is 0.304. The van der Waals surface area contributed by atoms with Gasteiger partial charge in [-0.05, 0) is 68.5 Å². The Kier molecular flexibility index (Phi) is 10.4. The highest BCUT2D eigenvalue weighted by molar-refractivity contribution is 5.83. The van der Waals surface area contributed by atoms with Crippen LogP contribution in [0.15, 0.2) is 47.6 Å². The zero-order valence-corrected chi connectivity index (χ0v) is 20.4. The molecule has 2 rings (SSSR count). The molecule has 0 atom stereocenters. The lowest BCUT2D eigenvalue weighted by Gasteiger charge is -2.25. The van der Waals surface area contributed by atoms with Crippen molar-refractivity contribution < 1.29 is 19.0 Å². The molecule has 0 unspecified atom stereocenters. The van der Waals surface area contributed by atoms with E-state index in [1.54, 1.807) is 7.11 Å². The van der Waals surface area contributed by atoms with Crippen LogP contribution in [0.3, 0.4) is 0 Å². The topological polar surface area (TPSA) is 48.0 Å². The lowest BCUT2D eigenvalue weighted by molar-refractivity contribution is -0.138. The van der Waals surface area contributed by atoms with Crippen LogP contribution in [0, 0.1) is 20.8 Å². The molecule has 1 heterocycles. The lowest BCUT2D eigenvalue weighted by atomic mass is 9.96. The lowest BCUT2D eigenvalue weighted by Crippen LogP contribution is -2.38. The molecule has 5 heteroatoms. The fourth-order valence-electron chi connectivity index (χ4n) is 3.53. The molecular weight excluding hydrogens is 402 g/mol. The molecule has 0 bridgehead atoms. The van der Waals surface area contributed by atoms with Gasteiger partial charge in [0.15, 0.2) is 0 Å². The molecule has 174 valence electrons. The summed E-state index contributed by atoms with van der Waals surface area (Å²) in [5, 5.41) is 0. The Morgan fingerprint density at radius 2 is 1.81 bits per heavy atom. The number of benzene rings is 1. The molecule has 1 fully saturated rings. The van der Waals surface area contributed by atoms with Gasteiger partial charge in [-0.3, -0.25) is 4.90 Å². The van der Waals surface area contributed by atoms with Crippen molar-refractivity contribution in [3.05, 3.63) is 69.8 Å². The summed E-state index contributed by atoms with van der Waals surface area (Å²) >= 11 is 0.